The molecule has 0 unspecified atom stereocenters. The maximum Gasteiger partial charge on any atom is 0.211 e. The largest absolute Gasteiger partial charge is 0.623 e. The molecular weight excluding hydrogens is 286 g/mol. The zero-order valence-corrected chi connectivity index (χ0v) is 13.2. The molecular formula is C16H18ClN3O. The minimum atomic E-state index is 0.267. The number of halogens is 1. The zero-order chi connectivity index (χ0) is 15.1. The van der Waals surface area contributed by atoms with Crippen molar-refractivity contribution in [3.05, 3.63) is 51.2 Å². The molecule has 110 valence electrons. The molecule has 0 bridgehead atoms. The summed E-state index contributed by atoms with van der Waals surface area (Å²) in [5, 5.41) is 13.0. The number of nitrogens with zero attached hydrogens (tertiary/aromatic N) is 3. The second kappa shape index (κ2) is 5.19. The van der Waals surface area contributed by atoms with E-state index in [9.17, 15) is 5.21 Å². The highest BCUT2D eigenvalue weighted by molar-refractivity contribution is 6.31. The first-order valence-corrected chi connectivity index (χ1v) is 7.56. The molecule has 5 heteroatoms. The standard InChI is InChI=1S/C16H18ClN3O/c1-4-5-14-10(2)18-16-9-19(21)11(3)13-8-12(17)6-7-15(13)20(14)16/h6-8H,4-5,9H2,1-3H3. The van der Waals surface area contributed by atoms with E-state index in [1.807, 2.05) is 32.0 Å². The summed E-state index contributed by atoms with van der Waals surface area (Å²) in [5.74, 6) is 0.798. The molecule has 2 heterocycles. The number of rotatable bonds is 2. The second-order valence-corrected chi connectivity index (χ2v) is 5.87. The summed E-state index contributed by atoms with van der Waals surface area (Å²) in [6.45, 7) is 6.26. The molecule has 1 aromatic carbocycles. The SMILES string of the molecule is CCCc1c(C)nc2n1-c1ccc(Cl)cc1C(C)=[N+]([O-])C2. The van der Waals surface area contributed by atoms with Gasteiger partial charge in [0, 0.05) is 17.6 Å². The van der Waals surface area contributed by atoms with E-state index in [2.05, 4.69) is 16.5 Å². The Hall–Kier alpha value is -1.81. The van der Waals surface area contributed by atoms with E-state index in [4.69, 9.17) is 11.6 Å². The van der Waals surface area contributed by atoms with Crippen molar-refractivity contribution in [3.8, 4) is 5.69 Å². The number of aryl methyl sites for hydroxylation is 1. The summed E-state index contributed by atoms with van der Waals surface area (Å²) >= 11 is 6.12. The van der Waals surface area contributed by atoms with Gasteiger partial charge < -0.3 is 5.21 Å². The molecule has 4 nitrogen and oxygen atoms in total. The molecule has 0 amide bonds. The van der Waals surface area contributed by atoms with Gasteiger partial charge in [-0.2, -0.15) is 0 Å². The molecule has 0 saturated heterocycles. The Balaban J connectivity index is 2.34. The number of benzene rings is 1. The quantitative estimate of drug-likeness (QED) is 0.628. The molecule has 0 saturated carbocycles. The normalized spacial score (nSPS) is 13.9. The lowest BCUT2D eigenvalue weighted by molar-refractivity contribution is -0.476. The predicted octanol–water partition coefficient (Wildman–Crippen LogP) is 3.62. The van der Waals surface area contributed by atoms with Gasteiger partial charge in [-0.25, -0.2) is 9.72 Å². The fourth-order valence-corrected chi connectivity index (χ4v) is 3.09. The summed E-state index contributed by atoms with van der Waals surface area (Å²) in [6.07, 6.45) is 1.98. The van der Waals surface area contributed by atoms with Gasteiger partial charge >= 0.3 is 0 Å². The van der Waals surface area contributed by atoms with Crippen LogP contribution in [0.15, 0.2) is 18.2 Å². The number of fused-ring (bicyclic) bond motifs is 3. The van der Waals surface area contributed by atoms with Crippen LogP contribution in [-0.2, 0) is 13.0 Å². The van der Waals surface area contributed by atoms with Crippen LogP contribution in [0.5, 0.6) is 0 Å². The molecule has 1 aromatic heterocycles. The van der Waals surface area contributed by atoms with Crippen molar-refractivity contribution >= 4 is 17.3 Å². The molecule has 0 fully saturated rings. The van der Waals surface area contributed by atoms with Crippen LogP contribution >= 0.6 is 11.6 Å². The van der Waals surface area contributed by atoms with Crippen molar-refractivity contribution in [1.29, 1.82) is 0 Å². The summed E-state index contributed by atoms with van der Waals surface area (Å²) in [5.41, 5.74) is 4.73. The van der Waals surface area contributed by atoms with Gasteiger partial charge in [0.05, 0.1) is 16.9 Å². The highest BCUT2D eigenvalue weighted by Gasteiger charge is 2.26. The van der Waals surface area contributed by atoms with Crippen molar-refractivity contribution in [2.45, 2.75) is 40.2 Å². The van der Waals surface area contributed by atoms with Gasteiger partial charge in [-0.15, -0.1) is 0 Å². The Labute approximate surface area is 129 Å². The van der Waals surface area contributed by atoms with E-state index in [1.165, 1.54) is 5.69 Å². The molecule has 0 atom stereocenters. The topological polar surface area (TPSA) is 43.9 Å². The van der Waals surface area contributed by atoms with Gasteiger partial charge in [-0.1, -0.05) is 24.9 Å². The Morgan fingerprint density at radius 1 is 1.38 bits per heavy atom. The lowest BCUT2D eigenvalue weighted by Gasteiger charge is -2.12. The molecule has 1 aliphatic heterocycles. The van der Waals surface area contributed by atoms with Gasteiger partial charge in [-0.05, 0) is 31.5 Å². The maximum atomic E-state index is 12.3. The number of hydrogen-bond acceptors (Lipinski definition) is 2. The number of aromatic nitrogens is 2. The van der Waals surface area contributed by atoms with Crippen LogP contribution in [0, 0.1) is 12.1 Å². The van der Waals surface area contributed by atoms with Crippen LogP contribution in [0.3, 0.4) is 0 Å². The molecule has 0 radical (unpaired) electrons. The first-order chi connectivity index (χ1) is 10.0. The van der Waals surface area contributed by atoms with Gasteiger partial charge in [0.2, 0.25) is 6.54 Å². The molecule has 0 N–H and O–H groups in total. The Kier molecular flexibility index (Phi) is 3.49. The lowest BCUT2D eigenvalue weighted by atomic mass is 10.1. The van der Waals surface area contributed by atoms with Crippen molar-refractivity contribution < 1.29 is 4.74 Å². The number of hydrogen-bond donors (Lipinski definition) is 0. The first-order valence-electron chi connectivity index (χ1n) is 7.18. The molecule has 0 aliphatic carbocycles. The Morgan fingerprint density at radius 2 is 2.14 bits per heavy atom. The molecule has 0 spiro atoms. The van der Waals surface area contributed by atoms with Crippen molar-refractivity contribution in [1.82, 2.24) is 9.55 Å². The van der Waals surface area contributed by atoms with Gasteiger partial charge in [0.15, 0.2) is 11.5 Å². The second-order valence-electron chi connectivity index (χ2n) is 5.43. The van der Waals surface area contributed by atoms with Crippen LogP contribution in [-0.4, -0.2) is 20.0 Å². The van der Waals surface area contributed by atoms with Gasteiger partial charge in [-0.3, -0.25) is 4.57 Å². The third kappa shape index (κ3) is 2.23. The van der Waals surface area contributed by atoms with E-state index >= 15 is 0 Å². The van der Waals surface area contributed by atoms with Crippen molar-refractivity contribution in [3.63, 3.8) is 0 Å². The minimum Gasteiger partial charge on any atom is -0.623 e. The number of imidazole rings is 1. The van der Waals surface area contributed by atoms with Gasteiger partial charge in [0.25, 0.3) is 0 Å². The number of hydroxylamine groups is 1. The Morgan fingerprint density at radius 3 is 2.86 bits per heavy atom. The lowest BCUT2D eigenvalue weighted by Crippen LogP contribution is -2.12. The highest BCUT2D eigenvalue weighted by atomic mass is 35.5. The third-order valence-corrected chi connectivity index (χ3v) is 4.21. The molecule has 3 rings (SSSR count). The highest BCUT2D eigenvalue weighted by Crippen LogP contribution is 2.28. The summed E-state index contributed by atoms with van der Waals surface area (Å²) < 4.78 is 3.13. The molecule has 21 heavy (non-hydrogen) atoms. The van der Waals surface area contributed by atoms with Crippen molar-refractivity contribution in [2.24, 2.45) is 0 Å². The van der Waals surface area contributed by atoms with Crippen LogP contribution < -0.4 is 0 Å². The van der Waals surface area contributed by atoms with E-state index < -0.39 is 0 Å². The summed E-state index contributed by atoms with van der Waals surface area (Å²) in [4.78, 5) is 4.61. The predicted molar refractivity (Wildman–Crippen MR) is 84.4 cm³/mol. The zero-order valence-electron chi connectivity index (χ0n) is 12.5. The summed E-state index contributed by atoms with van der Waals surface area (Å²) in [6, 6.07) is 5.70. The van der Waals surface area contributed by atoms with Crippen LogP contribution in [0.1, 0.15) is 43.0 Å². The molecule has 1 aliphatic rings. The van der Waals surface area contributed by atoms with Crippen LogP contribution in [0.2, 0.25) is 5.02 Å². The smallest absolute Gasteiger partial charge is 0.211 e. The van der Waals surface area contributed by atoms with Gasteiger partial charge in [0.1, 0.15) is 0 Å². The fourth-order valence-electron chi connectivity index (χ4n) is 2.92. The third-order valence-electron chi connectivity index (χ3n) is 3.98. The van der Waals surface area contributed by atoms with Crippen LogP contribution in [0.25, 0.3) is 5.69 Å². The van der Waals surface area contributed by atoms with E-state index in [0.29, 0.717) is 10.7 Å². The van der Waals surface area contributed by atoms with E-state index in [-0.39, 0.29) is 6.54 Å². The maximum absolute atomic E-state index is 12.3. The van der Waals surface area contributed by atoms with E-state index in [0.717, 1.165) is 40.3 Å². The van der Waals surface area contributed by atoms with Crippen molar-refractivity contribution in [2.75, 3.05) is 0 Å². The monoisotopic (exact) mass is 303 g/mol. The molecule has 2 aromatic rings. The average molecular weight is 304 g/mol. The fraction of sp³-hybridized carbons (Fsp3) is 0.375. The van der Waals surface area contributed by atoms with E-state index in [1.54, 1.807) is 0 Å². The minimum absolute atomic E-state index is 0.267. The summed E-state index contributed by atoms with van der Waals surface area (Å²) in [7, 11) is 0. The first kappa shape index (κ1) is 14.1. The Bertz CT molecular complexity index is 746. The average Bonchev–Trinajstić information content (AvgIpc) is 2.69. The van der Waals surface area contributed by atoms with Crippen LogP contribution in [0.4, 0.5) is 0 Å².